The van der Waals surface area contributed by atoms with Crippen LogP contribution in [0.3, 0.4) is 0 Å². The highest BCUT2D eigenvalue weighted by molar-refractivity contribution is 5.94. The fourth-order valence-corrected chi connectivity index (χ4v) is 2.26. The molecule has 25 heavy (non-hydrogen) atoms. The van der Waals surface area contributed by atoms with Crippen molar-refractivity contribution in [1.29, 1.82) is 0 Å². The highest BCUT2D eigenvalue weighted by Crippen LogP contribution is 2.19. The van der Waals surface area contributed by atoms with Crippen molar-refractivity contribution in [2.45, 2.75) is 52.7 Å². The smallest absolute Gasteiger partial charge is 0.265 e. The van der Waals surface area contributed by atoms with E-state index < -0.39 is 6.10 Å². The fourth-order valence-electron chi connectivity index (χ4n) is 2.26. The Morgan fingerprint density at radius 1 is 0.920 bits per heavy atom. The van der Waals surface area contributed by atoms with Gasteiger partial charge in [0.25, 0.3) is 5.91 Å². The van der Waals surface area contributed by atoms with Crippen LogP contribution in [-0.4, -0.2) is 18.1 Å². The molecule has 2 aromatic carbocycles. The molecule has 2 rings (SSSR count). The van der Waals surface area contributed by atoms with Gasteiger partial charge in [-0.1, -0.05) is 31.5 Å². The van der Waals surface area contributed by atoms with Crippen molar-refractivity contribution < 1.29 is 14.3 Å². The average Bonchev–Trinajstić information content (AvgIpc) is 2.62. The van der Waals surface area contributed by atoms with Gasteiger partial charge in [0.15, 0.2) is 6.10 Å². The van der Waals surface area contributed by atoms with Gasteiger partial charge in [-0.3, -0.25) is 4.79 Å². The third-order valence-corrected chi connectivity index (χ3v) is 4.00. The summed E-state index contributed by atoms with van der Waals surface area (Å²) in [5.74, 6) is 1.35. The van der Waals surface area contributed by atoms with E-state index in [9.17, 15) is 4.79 Å². The van der Waals surface area contributed by atoms with Crippen LogP contribution >= 0.6 is 0 Å². The molecule has 0 heterocycles. The summed E-state index contributed by atoms with van der Waals surface area (Å²) in [5, 5.41) is 2.90. The molecule has 2 aromatic rings. The lowest BCUT2D eigenvalue weighted by molar-refractivity contribution is -0.122. The fraction of sp³-hybridized carbons (Fsp3) is 0.381. The second-order valence-corrected chi connectivity index (χ2v) is 6.18. The molecule has 0 spiro atoms. The zero-order valence-electron chi connectivity index (χ0n) is 15.4. The van der Waals surface area contributed by atoms with Gasteiger partial charge in [-0.15, -0.1) is 0 Å². The van der Waals surface area contributed by atoms with Crippen molar-refractivity contribution in [2.75, 3.05) is 5.32 Å². The standard InChI is InChI=1S/C21H27NO3/c1-5-16(4)24-18-13-9-17(10-14-18)22-21(23)20(6-2)25-19-11-7-15(3)8-12-19/h7-14,16,20H,5-6H2,1-4H3,(H,22,23). The van der Waals surface area contributed by atoms with Gasteiger partial charge < -0.3 is 14.8 Å². The number of anilines is 1. The molecule has 0 radical (unpaired) electrons. The summed E-state index contributed by atoms with van der Waals surface area (Å²) in [4.78, 5) is 12.5. The van der Waals surface area contributed by atoms with E-state index in [0.29, 0.717) is 12.2 Å². The molecular formula is C21H27NO3. The molecule has 4 nitrogen and oxygen atoms in total. The lowest BCUT2D eigenvalue weighted by Crippen LogP contribution is -2.32. The van der Waals surface area contributed by atoms with Crippen molar-refractivity contribution in [1.82, 2.24) is 0 Å². The van der Waals surface area contributed by atoms with Crippen LogP contribution in [0.15, 0.2) is 48.5 Å². The Morgan fingerprint density at radius 3 is 2.04 bits per heavy atom. The predicted octanol–water partition coefficient (Wildman–Crippen LogP) is 4.97. The van der Waals surface area contributed by atoms with Crippen LogP contribution in [0.5, 0.6) is 11.5 Å². The van der Waals surface area contributed by atoms with Gasteiger partial charge in [0.2, 0.25) is 0 Å². The maximum Gasteiger partial charge on any atom is 0.265 e. The number of aryl methyl sites for hydroxylation is 1. The largest absolute Gasteiger partial charge is 0.491 e. The Kier molecular flexibility index (Phi) is 6.87. The summed E-state index contributed by atoms with van der Waals surface area (Å²) in [6.45, 7) is 8.06. The second-order valence-electron chi connectivity index (χ2n) is 6.18. The summed E-state index contributed by atoms with van der Waals surface area (Å²) in [5.41, 5.74) is 1.89. The molecule has 0 saturated carbocycles. The highest BCUT2D eigenvalue weighted by atomic mass is 16.5. The molecular weight excluding hydrogens is 314 g/mol. The van der Waals surface area contributed by atoms with Gasteiger partial charge in [0.1, 0.15) is 11.5 Å². The molecule has 2 unspecified atom stereocenters. The van der Waals surface area contributed by atoms with Crippen molar-refractivity contribution in [3.05, 3.63) is 54.1 Å². The van der Waals surface area contributed by atoms with Gasteiger partial charge in [0, 0.05) is 5.69 Å². The first-order chi connectivity index (χ1) is 12.0. The molecule has 4 heteroatoms. The number of carbonyl (C=O) groups excluding carboxylic acids is 1. The Morgan fingerprint density at radius 2 is 1.48 bits per heavy atom. The summed E-state index contributed by atoms with van der Waals surface area (Å²) in [6, 6.07) is 15.1. The minimum atomic E-state index is -0.529. The Labute approximate surface area is 150 Å². The first-order valence-electron chi connectivity index (χ1n) is 8.82. The summed E-state index contributed by atoms with van der Waals surface area (Å²) in [7, 11) is 0. The van der Waals surface area contributed by atoms with Gasteiger partial charge in [-0.05, 0) is 63.1 Å². The first-order valence-corrected chi connectivity index (χ1v) is 8.82. The third-order valence-electron chi connectivity index (χ3n) is 4.00. The normalized spacial score (nSPS) is 13.0. The van der Waals surface area contributed by atoms with Crippen LogP contribution in [0, 0.1) is 6.92 Å². The average molecular weight is 341 g/mol. The van der Waals surface area contributed by atoms with E-state index in [4.69, 9.17) is 9.47 Å². The molecule has 0 saturated heterocycles. The molecule has 134 valence electrons. The first kappa shape index (κ1) is 18.8. The van der Waals surface area contributed by atoms with E-state index in [-0.39, 0.29) is 12.0 Å². The van der Waals surface area contributed by atoms with Gasteiger partial charge in [0.05, 0.1) is 6.10 Å². The number of ether oxygens (including phenoxy) is 2. The van der Waals surface area contributed by atoms with Crippen LogP contribution in [0.25, 0.3) is 0 Å². The van der Waals surface area contributed by atoms with E-state index in [1.807, 2.05) is 69.3 Å². The number of amides is 1. The Hall–Kier alpha value is -2.49. The van der Waals surface area contributed by atoms with Crippen molar-refractivity contribution >= 4 is 11.6 Å². The Balaban J connectivity index is 1.95. The predicted molar refractivity (Wildman–Crippen MR) is 101 cm³/mol. The molecule has 0 aliphatic rings. The SMILES string of the molecule is CCC(C)Oc1ccc(NC(=O)C(CC)Oc2ccc(C)cc2)cc1. The molecule has 0 aliphatic heterocycles. The molecule has 2 atom stereocenters. The lowest BCUT2D eigenvalue weighted by Gasteiger charge is -2.18. The molecule has 1 N–H and O–H groups in total. The van der Waals surface area contributed by atoms with Crippen molar-refractivity contribution in [3.8, 4) is 11.5 Å². The van der Waals surface area contributed by atoms with Crippen LogP contribution in [-0.2, 0) is 4.79 Å². The molecule has 0 aromatic heterocycles. The summed E-state index contributed by atoms with van der Waals surface area (Å²) < 4.78 is 11.6. The number of carbonyl (C=O) groups is 1. The molecule has 1 amide bonds. The van der Waals surface area contributed by atoms with Crippen LogP contribution in [0.4, 0.5) is 5.69 Å². The highest BCUT2D eigenvalue weighted by Gasteiger charge is 2.18. The molecule has 0 aliphatic carbocycles. The number of benzene rings is 2. The zero-order chi connectivity index (χ0) is 18.2. The topological polar surface area (TPSA) is 47.6 Å². The van der Waals surface area contributed by atoms with Crippen LogP contribution < -0.4 is 14.8 Å². The van der Waals surface area contributed by atoms with Crippen molar-refractivity contribution in [3.63, 3.8) is 0 Å². The third kappa shape index (κ3) is 5.82. The Bertz CT molecular complexity index is 665. The monoisotopic (exact) mass is 341 g/mol. The van der Waals surface area contributed by atoms with E-state index in [0.717, 1.165) is 23.4 Å². The van der Waals surface area contributed by atoms with Gasteiger partial charge in [-0.2, -0.15) is 0 Å². The summed E-state index contributed by atoms with van der Waals surface area (Å²) in [6.07, 6.45) is 1.19. The molecule has 0 fully saturated rings. The second kappa shape index (κ2) is 9.11. The number of hydrogen-bond donors (Lipinski definition) is 1. The van der Waals surface area contributed by atoms with E-state index in [1.165, 1.54) is 0 Å². The maximum atomic E-state index is 12.5. The zero-order valence-corrected chi connectivity index (χ0v) is 15.4. The number of nitrogens with one attached hydrogen (secondary N) is 1. The lowest BCUT2D eigenvalue weighted by atomic mass is 10.2. The minimum Gasteiger partial charge on any atom is -0.491 e. The number of rotatable bonds is 8. The van der Waals surface area contributed by atoms with E-state index in [1.54, 1.807) is 0 Å². The van der Waals surface area contributed by atoms with Gasteiger partial charge >= 0.3 is 0 Å². The van der Waals surface area contributed by atoms with Gasteiger partial charge in [-0.25, -0.2) is 0 Å². The maximum absolute atomic E-state index is 12.5. The number of hydrogen-bond acceptors (Lipinski definition) is 3. The van der Waals surface area contributed by atoms with Crippen LogP contribution in [0.2, 0.25) is 0 Å². The minimum absolute atomic E-state index is 0.154. The summed E-state index contributed by atoms with van der Waals surface area (Å²) >= 11 is 0. The van der Waals surface area contributed by atoms with Crippen LogP contribution in [0.1, 0.15) is 39.2 Å². The van der Waals surface area contributed by atoms with Crippen molar-refractivity contribution in [2.24, 2.45) is 0 Å². The quantitative estimate of drug-likeness (QED) is 0.737. The molecule has 0 bridgehead atoms. The van der Waals surface area contributed by atoms with E-state index >= 15 is 0 Å². The van der Waals surface area contributed by atoms with E-state index in [2.05, 4.69) is 12.2 Å².